The zero-order valence-corrected chi connectivity index (χ0v) is 14.4. The molecule has 0 aromatic heterocycles. The van der Waals surface area contributed by atoms with Crippen molar-refractivity contribution in [3.05, 3.63) is 65.7 Å². The van der Waals surface area contributed by atoms with Crippen LogP contribution in [0.3, 0.4) is 0 Å². The van der Waals surface area contributed by atoms with Crippen molar-refractivity contribution in [3.8, 4) is 5.75 Å². The molecule has 3 heteroatoms. The summed E-state index contributed by atoms with van der Waals surface area (Å²) in [4.78, 5) is 14.5. The number of carbonyl (C=O) groups excluding carboxylic acids is 1. The van der Waals surface area contributed by atoms with Gasteiger partial charge in [-0.15, -0.1) is 0 Å². The molecule has 3 rings (SSSR count). The molecule has 2 aromatic rings. The maximum absolute atomic E-state index is 12.6. The molecule has 1 aliphatic heterocycles. The number of hydrogen-bond donors (Lipinski definition) is 0. The maximum atomic E-state index is 12.6. The minimum Gasteiger partial charge on any atom is -0.497 e. The molecule has 1 saturated heterocycles. The normalized spacial score (nSPS) is 20.7. The number of anilines is 1. The lowest BCUT2D eigenvalue weighted by molar-refractivity contribution is -0.129. The van der Waals surface area contributed by atoms with Crippen molar-refractivity contribution in [2.24, 2.45) is 5.92 Å². The number of hydrogen-bond acceptors (Lipinski definition) is 2. The summed E-state index contributed by atoms with van der Waals surface area (Å²) in [5.74, 6) is 1.06. The van der Waals surface area contributed by atoms with Crippen LogP contribution in [0.4, 0.5) is 5.69 Å². The zero-order chi connectivity index (χ0) is 17.1. The molecule has 124 valence electrons. The average Bonchev–Trinajstić information content (AvgIpc) is 2.61. The van der Waals surface area contributed by atoms with Crippen molar-refractivity contribution >= 4 is 17.7 Å². The average molecular weight is 321 g/mol. The second-order valence-corrected chi connectivity index (χ2v) is 6.16. The minimum absolute atomic E-state index is 0.0621. The molecular formula is C21H23NO2. The van der Waals surface area contributed by atoms with Gasteiger partial charge in [-0.1, -0.05) is 43.3 Å². The highest BCUT2D eigenvalue weighted by Crippen LogP contribution is 2.39. The summed E-state index contributed by atoms with van der Waals surface area (Å²) in [6.07, 6.45) is 3.03. The Morgan fingerprint density at radius 1 is 1.12 bits per heavy atom. The van der Waals surface area contributed by atoms with E-state index in [9.17, 15) is 4.79 Å². The van der Waals surface area contributed by atoms with Crippen molar-refractivity contribution in [1.29, 1.82) is 0 Å². The van der Waals surface area contributed by atoms with Crippen LogP contribution < -0.4 is 9.64 Å². The van der Waals surface area contributed by atoms with E-state index < -0.39 is 0 Å². The molecule has 1 fully saturated rings. The number of β-lactam (4-membered cyclic amide) rings is 1. The molecule has 0 aliphatic carbocycles. The molecule has 1 aliphatic rings. The fraction of sp³-hybridized carbons (Fsp3) is 0.286. The Kier molecular flexibility index (Phi) is 4.70. The molecule has 0 N–H and O–H groups in total. The van der Waals surface area contributed by atoms with Crippen LogP contribution in [0.1, 0.15) is 25.8 Å². The van der Waals surface area contributed by atoms with E-state index in [1.54, 1.807) is 7.11 Å². The summed E-state index contributed by atoms with van der Waals surface area (Å²) >= 11 is 0. The van der Waals surface area contributed by atoms with Gasteiger partial charge in [-0.25, -0.2) is 0 Å². The van der Waals surface area contributed by atoms with Gasteiger partial charge in [0.25, 0.3) is 0 Å². The first-order valence-electron chi connectivity index (χ1n) is 8.36. The van der Waals surface area contributed by atoms with E-state index in [0.29, 0.717) is 0 Å². The maximum Gasteiger partial charge on any atom is 0.233 e. The first-order chi connectivity index (χ1) is 11.7. The molecule has 2 atom stereocenters. The van der Waals surface area contributed by atoms with Gasteiger partial charge in [-0.05, 0) is 48.7 Å². The van der Waals surface area contributed by atoms with Crippen LogP contribution in [-0.4, -0.2) is 19.1 Å². The van der Waals surface area contributed by atoms with Crippen molar-refractivity contribution in [3.63, 3.8) is 0 Å². The Balaban J connectivity index is 1.90. The highest BCUT2D eigenvalue weighted by Gasteiger charge is 2.47. The molecule has 24 heavy (non-hydrogen) atoms. The molecule has 3 nitrogen and oxygen atoms in total. The molecule has 0 radical (unpaired) electrons. The van der Waals surface area contributed by atoms with Crippen molar-refractivity contribution in [2.45, 2.75) is 26.3 Å². The smallest absolute Gasteiger partial charge is 0.233 e. The van der Waals surface area contributed by atoms with Gasteiger partial charge in [0.1, 0.15) is 5.75 Å². The summed E-state index contributed by atoms with van der Waals surface area (Å²) in [5.41, 5.74) is 3.30. The first-order valence-corrected chi connectivity index (χ1v) is 8.36. The quantitative estimate of drug-likeness (QED) is 0.757. The summed E-state index contributed by atoms with van der Waals surface area (Å²) in [7, 11) is 1.65. The summed E-state index contributed by atoms with van der Waals surface area (Å²) in [5, 5.41) is 0. The van der Waals surface area contributed by atoms with Crippen molar-refractivity contribution in [1.82, 2.24) is 0 Å². The molecular weight excluding hydrogens is 298 g/mol. The van der Waals surface area contributed by atoms with E-state index in [4.69, 9.17) is 4.74 Å². The number of rotatable bonds is 5. The van der Waals surface area contributed by atoms with Gasteiger partial charge in [0.2, 0.25) is 5.91 Å². The minimum atomic E-state index is 0.0621. The van der Waals surface area contributed by atoms with Crippen LogP contribution in [-0.2, 0) is 4.79 Å². The second-order valence-electron chi connectivity index (χ2n) is 6.16. The Morgan fingerprint density at radius 3 is 2.38 bits per heavy atom. The van der Waals surface area contributed by atoms with Gasteiger partial charge >= 0.3 is 0 Å². The Bertz CT molecular complexity index is 734. The van der Waals surface area contributed by atoms with E-state index in [1.165, 1.54) is 11.1 Å². The monoisotopic (exact) mass is 321 g/mol. The SMILES string of the molecule is CC[C@H]1C(=O)N(c2ccc(OC)cc2)[C@@H]1/C(C)=C/c1ccccc1. The third-order valence-electron chi connectivity index (χ3n) is 4.66. The summed E-state index contributed by atoms with van der Waals surface area (Å²) in [6.45, 7) is 4.19. The van der Waals surface area contributed by atoms with Crippen molar-refractivity contribution in [2.75, 3.05) is 12.0 Å². The van der Waals surface area contributed by atoms with Crippen LogP contribution in [0.5, 0.6) is 5.75 Å². The number of ether oxygens (including phenoxy) is 1. The zero-order valence-electron chi connectivity index (χ0n) is 14.4. The highest BCUT2D eigenvalue weighted by atomic mass is 16.5. The lowest BCUT2D eigenvalue weighted by Crippen LogP contribution is -2.61. The summed E-state index contributed by atoms with van der Waals surface area (Å²) < 4.78 is 5.21. The van der Waals surface area contributed by atoms with Crippen LogP contribution in [0.2, 0.25) is 0 Å². The van der Waals surface area contributed by atoms with Gasteiger partial charge in [0, 0.05) is 5.69 Å². The fourth-order valence-electron chi connectivity index (χ4n) is 3.40. The number of amides is 1. The lowest BCUT2D eigenvalue weighted by Gasteiger charge is -2.47. The Labute approximate surface area is 143 Å². The largest absolute Gasteiger partial charge is 0.497 e. The van der Waals surface area contributed by atoms with Crippen molar-refractivity contribution < 1.29 is 9.53 Å². The Morgan fingerprint density at radius 2 is 1.79 bits per heavy atom. The highest BCUT2D eigenvalue weighted by molar-refractivity contribution is 6.04. The van der Waals surface area contributed by atoms with Gasteiger partial charge in [-0.3, -0.25) is 4.79 Å². The third kappa shape index (κ3) is 2.94. The topological polar surface area (TPSA) is 29.5 Å². The molecule has 1 amide bonds. The second kappa shape index (κ2) is 6.91. The van der Waals surface area contributed by atoms with E-state index in [2.05, 4.69) is 32.1 Å². The van der Waals surface area contributed by atoms with Crippen LogP contribution in [0, 0.1) is 5.92 Å². The van der Waals surface area contributed by atoms with Crippen LogP contribution >= 0.6 is 0 Å². The molecule has 0 unspecified atom stereocenters. The molecule has 2 aromatic carbocycles. The van der Waals surface area contributed by atoms with E-state index in [0.717, 1.165) is 17.9 Å². The summed E-state index contributed by atoms with van der Waals surface area (Å²) in [6, 6.07) is 18.1. The molecule has 1 heterocycles. The first kappa shape index (κ1) is 16.3. The van der Waals surface area contributed by atoms with E-state index in [1.807, 2.05) is 47.4 Å². The molecule has 0 bridgehead atoms. The van der Waals surface area contributed by atoms with Gasteiger partial charge < -0.3 is 9.64 Å². The van der Waals surface area contributed by atoms with E-state index in [-0.39, 0.29) is 17.9 Å². The predicted molar refractivity (Wildman–Crippen MR) is 98.1 cm³/mol. The lowest BCUT2D eigenvalue weighted by atomic mass is 9.80. The number of carbonyl (C=O) groups is 1. The van der Waals surface area contributed by atoms with E-state index >= 15 is 0 Å². The van der Waals surface area contributed by atoms with Gasteiger partial charge in [0.15, 0.2) is 0 Å². The predicted octanol–water partition coefficient (Wildman–Crippen LogP) is 4.54. The fourth-order valence-corrected chi connectivity index (χ4v) is 3.40. The third-order valence-corrected chi connectivity index (χ3v) is 4.66. The van der Waals surface area contributed by atoms with Gasteiger partial charge in [-0.2, -0.15) is 0 Å². The van der Waals surface area contributed by atoms with Crippen LogP contribution in [0.25, 0.3) is 6.08 Å². The Hall–Kier alpha value is -2.55. The number of nitrogens with zero attached hydrogens (tertiary/aromatic N) is 1. The number of methoxy groups -OCH3 is 1. The van der Waals surface area contributed by atoms with Crippen LogP contribution in [0.15, 0.2) is 60.2 Å². The molecule has 0 spiro atoms. The number of benzene rings is 2. The molecule has 0 saturated carbocycles. The standard InChI is InChI=1S/C21H23NO2/c1-4-19-20(15(2)14-16-8-6-5-7-9-16)22(21(19)23)17-10-12-18(24-3)13-11-17/h5-14,19-20H,4H2,1-3H3/b15-14+/t19-,20-/m1/s1. The van der Waals surface area contributed by atoms with Gasteiger partial charge in [0.05, 0.1) is 19.1 Å².